The SMILES string of the molecule is Nc1cnn(CCC2CCCCN2)n1. The van der Waals surface area contributed by atoms with Crippen molar-refractivity contribution in [1.29, 1.82) is 0 Å². The Labute approximate surface area is 83.7 Å². The number of anilines is 1. The molecule has 2 heterocycles. The lowest BCUT2D eigenvalue weighted by molar-refractivity contribution is 0.351. The average Bonchev–Trinajstić information content (AvgIpc) is 2.63. The molecule has 1 unspecified atom stereocenters. The van der Waals surface area contributed by atoms with Gasteiger partial charge < -0.3 is 11.1 Å². The summed E-state index contributed by atoms with van der Waals surface area (Å²) in [4.78, 5) is 1.67. The third kappa shape index (κ3) is 2.45. The van der Waals surface area contributed by atoms with E-state index in [2.05, 4.69) is 15.5 Å². The predicted octanol–water partition coefficient (Wildman–Crippen LogP) is 0.392. The summed E-state index contributed by atoms with van der Waals surface area (Å²) < 4.78 is 0. The second-order valence-corrected chi connectivity index (χ2v) is 3.80. The first-order valence-corrected chi connectivity index (χ1v) is 5.23. The Bertz CT molecular complexity index is 276. The van der Waals surface area contributed by atoms with Crippen molar-refractivity contribution < 1.29 is 0 Å². The number of hydrogen-bond donors (Lipinski definition) is 2. The normalized spacial score (nSPS) is 22.4. The summed E-state index contributed by atoms with van der Waals surface area (Å²) in [5.74, 6) is 0.501. The van der Waals surface area contributed by atoms with Gasteiger partial charge >= 0.3 is 0 Å². The summed E-state index contributed by atoms with van der Waals surface area (Å²) >= 11 is 0. The van der Waals surface area contributed by atoms with Crippen molar-refractivity contribution in [1.82, 2.24) is 20.3 Å². The monoisotopic (exact) mass is 195 g/mol. The van der Waals surface area contributed by atoms with Gasteiger partial charge in [0.1, 0.15) is 0 Å². The smallest absolute Gasteiger partial charge is 0.165 e. The molecule has 1 fully saturated rings. The van der Waals surface area contributed by atoms with E-state index in [1.165, 1.54) is 19.3 Å². The van der Waals surface area contributed by atoms with Gasteiger partial charge in [-0.25, -0.2) is 0 Å². The van der Waals surface area contributed by atoms with Gasteiger partial charge in [-0.2, -0.15) is 9.90 Å². The molecule has 2 rings (SSSR count). The molecule has 5 nitrogen and oxygen atoms in total. The third-order valence-corrected chi connectivity index (χ3v) is 2.64. The fourth-order valence-corrected chi connectivity index (χ4v) is 1.86. The molecule has 14 heavy (non-hydrogen) atoms. The highest BCUT2D eigenvalue weighted by molar-refractivity contribution is 5.19. The van der Waals surface area contributed by atoms with Gasteiger partial charge in [-0.3, -0.25) is 0 Å². The first kappa shape index (κ1) is 9.45. The van der Waals surface area contributed by atoms with Crippen molar-refractivity contribution >= 4 is 5.82 Å². The molecule has 1 aromatic rings. The van der Waals surface area contributed by atoms with Crippen LogP contribution in [0.4, 0.5) is 5.82 Å². The molecule has 0 amide bonds. The summed E-state index contributed by atoms with van der Waals surface area (Å²) in [6.07, 6.45) is 6.61. The minimum absolute atomic E-state index is 0.501. The summed E-state index contributed by atoms with van der Waals surface area (Å²) in [6, 6.07) is 0.635. The highest BCUT2D eigenvalue weighted by Crippen LogP contribution is 2.10. The van der Waals surface area contributed by atoms with E-state index in [1.807, 2.05) is 0 Å². The fourth-order valence-electron chi connectivity index (χ4n) is 1.86. The van der Waals surface area contributed by atoms with E-state index < -0.39 is 0 Å². The number of nitrogens with two attached hydrogens (primary N) is 1. The Morgan fingerprint density at radius 3 is 3.14 bits per heavy atom. The Kier molecular flexibility index (Phi) is 2.98. The molecule has 0 aromatic carbocycles. The van der Waals surface area contributed by atoms with E-state index in [0.29, 0.717) is 11.9 Å². The van der Waals surface area contributed by atoms with E-state index in [1.54, 1.807) is 11.0 Å². The maximum atomic E-state index is 5.48. The van der Waals surface area contributed by atoms with Crippen LogP contribution in [0.3, 0.4) is 0 Å². The first-order chi connectivity index (χ1) is 6.84. The molecular formula is C9H17N5. The Balaban J connectivity index is 1.76. The maximum absolute atomic E-state index is 5.48. The third-order valence-electron chi connectivity index (χ3n) is 2.64. The number of piperidine rings is 1. The van der Waals surface area contributed by atoms with Gasteiger partial charge in [0.15, 0.2) is 5.82 Å². The van der Waals surface area contributed by atoms with Gasteiger partial charge in [0.25, 0.3) is 0 Å². The zero-order chi connectivity index (χ0) is 9.80. The first-order valence-electron chi connectivity index (χ1n) is 5.23. The molecule has 0 radical (unpaired) electrons. The minimum atomic E-state index is 0.501. The number of rotatable bonds is 3. The number of nitrogen functional groups attached to an aromatic ring is 1. The van der Waals surface area contributed by atoms with Crippen molar-refractivity contribution in [2.45, 2.75) is 38.3 Å². The fraction of sp³-hybridized carbons (Fsp3) is 0.778. The Hall–Kier alpha value is -1.10. The average molecular weight is 195 g/mol. The van der Waals surface area contributed by atoms with Crippen molar-refractivity contribution in [3.63, 3.8) is 0 Å². The quantitative estimate of drug-likeness (QED) is 0.732. The van der Waals surface area contributed by atoms with Gasteiger partial charge in [-0.1, -0.05) is 6.42 Å². The number of aromatic nitrogens is 3. The molecule has 78 valence electrons. The van der Waals surface area contributed by atoms with Crippen LogP contribution in [0.2, 0.25) is 0 Å². The van der Waals surface area contributed by atoms with Gasteiger partial charge in [0, 0.05) is 6.04 Å². The predicted molar refractivity (Wildman–Crippen MR) is 54.7 cm³/mol. The number of aryl methyl sites for hydroxylation is 1. The summed E-state index contributed by atoms with van der Waals surface area (Å²) in [5.41, 5.74) is 5.48. The van der Waals surface area contributed by atoms with Crippen molar-refractivity contribution in [3.05, 3.63) is 6.20 Å². The van der Waals surface area contributed by atoms with Gasteiger partial charge in [0.2, 0.25) is 0 Å². The lowest BCUT2D eigenvalue weighted by Crippen LogP contribution is -2.34. The van der Waals surface area contributed by atoms with E-state index in [0.717, 1.165) is 19.5 Å². The minimum Gasteiger partial charge on any atom is -0.381 e. The molecule has 1 aliphatic rings. The van der Waals surface area contributed by atoms with E-state index >= 15 is 0 Å². The van der Waals surface area contributed by atoms with Gasteiger partial charge in [0.05, 0.1) is 12.7 Å². The molecule has 0 spiro atoms. The molecule has 0 aliphatic carbocycles. The standard InChI is InChI=1S/C9H17N5/c10-9-7-12-14(13-9)6-4-8-3-1-2-5-11-8/h7-8,11H,1-6H2,(H2,10,13). The number of hydrogen-bond acceptors (Lipinski definition) is 4. The highest BCUT2D eigenvalue weighted by atomic mass is 15.5. The molecular weight excluding hydrogens is 178 g/mol. The molecule has 1 atom stereocenters. The van der Waals surface area contributed by atoms with Crippen LogP contribution in [0.15, 0.2) is 6.20 Å². The van der Waals surface area contributed by atoms with E-state index in [9.17, 15) is 0 Å². The zero-order valence-electron chi connectivity index (χ0n) is 8.32. The van der Waals surface area contributed by atoms with Crippen LogP contribution in [0.1, 0.15) is 25.7 Å². The molecule has 1 saturated heterocycles. The Morgan fingerprint density at radius 2 is 2.50 bits per heavy atom. The lowest BCUT2D eigenvalue weighted by Gasteiger charge is -2.22. The molecule has 0 bridgehead atoms. The van der Waals surface area contributed by atoms with E-state index in [-0.39, 0.29) is 0 Å². The van der Waals surface area contributed by atoms with Crippen LogP contribution in [-0.2, 0) is 6.54 Å². The molecule has 0 saturated carbocycles. The van der Waals surface area contributed by atoms with Crippen LogP contribution < -0.4 is 11.1 Å². The van der Waals surface area contributed by atoms with Gasteiger partial charge in [-0.15, -0.1) is 5.10 Å². The summed E-state index contributed by atoms with van der Waals surface area (Å²) in [6.45, 7) is 2.01. The zero-order valence-corrected chi connectivity index (χ0v) is 8.32. The second-order valence-electron chi connectivity index (χ2n) is 3.80. The molecule has 5 heteroatoms. The van der Waals surface area contributed by atoms with E-state index in [4.69, 9.17) is 5.73 Å². The van der Waals surface area contributed by atoms with Crippen LogP contribution >= 0.6 is 0 Å². The lowest BCUT2D eigenvalue weighted by atomic mass is 10.0. The van der Waals surface area contributed by atoms with Crippen LogP contribution in [-0.4, -0.2) is 27.6 Å². The maximum Gasteiger partial charge on any atom is 0.165 e. The molecule has 1 aliphatic heterocycles. The van der Waals surface area contributed by atoms with Crippen LogP contribution in [0.5, 0.6) is 0 Å². The highest BCUT2D eigenvalue weighted by Gasteiger charge is 2.12. The number of nitrogens with zero attached hydrogens (tertiary/aromatic N) is 3. The van der Waals surface area contributed by atoms with Crippen LogP contribution in [0, 0.1) is 0 Å². The van der Waals surface area contributed by atoms with Crippen molar-refractivity contribution in [2.24, 2.45) is 0 Å². The largest absolute Gasteiger partial charge is 0.381 e. The van der Waals surface area contributed by atoms with Gasteiger partial charge in [-0.05, 0) is 25.8 Å². The van der Waals surface area contributed by atoms with Crippen molar-refractivity contribution in [3.8, 4) is 0 Å². The van der Waals surface area contributed by atoms with Crippen LogP contribution in [0.25, 0.3) is 0 Å². The summed E-state index contributed by atoms with van der Waals surface area (Å²) in [7, 11) is 0. The molecule has 1 aromatic heterocycles. The molecule has 3 N–H and O–H groups in total. The topological polar surface area (TPSA) is 68.8 Å². The van der Waals surface area contributed by atoms with Crippen molar-refractivity contribution in [2.75, 3.05) is 12.3 Å². The number of nitrogens with one attached hydrogen (secondary N) is 1. The second kappa shape index (κ2) is 4.41. The Morgan fingerprint density at radius 1 is 1.57 bits per heavy atom. The summed E-state index contributed by atoms with van der Waals surface area (Å²) in [5, 5.41) is 11.6.